The number of amides is 1. The third-order valence-electron chi connectivity index (χ3n) is 3.91. The maximum absolute atomic E-state index is 11.8. The molecule has 1 aromatic heterocycles. The predicted octanol–water partition coefficient (Wildman–Crippen LogP) is 3.88. The molecule has 0 saturated heterocycles. The highest BCUT2D eigenvalue weighted by atomic mass is 16.1. The minimum atomic E-state index is -0.340. The van der Waals surface area contributed by atoms with Gasteiger partial charge in [0.1, 0.15) is 0 Å². The third kappa shape index (κ3) is 3.83. The maximum Gasteiger partial charge on any atom is 0.248 e. The highest BCUT2D eigenvalue weighted by Crippen LogP contribution is 2.28. The molecule has 5 nitrogen and oxygen atoms in total. The van der Waals surface area contributed by atoms with Crippen LogP contribution in [0, 0.1) is 0 Å². The first-order valence-corrected chi connectivity index (χ1v) is 8.14. The van der Waals surface area contributed by atoms with Gasteiger partial charge in [0.05, 0.1) is 11.2 Å². The Labute approximate surface area is 145 Å². The monoisotopic (exact) mass is 333 g/mol. The number of hydrogen-bond acceptors (Lipinski definition) is 3. The van der Waals surface area contributed by atoms with Gasteiger partial charge >= 0.3 is 0 Å². The van der Waals surface area contributed by atoms with Crippen LogP contribution in [0.5, 0.6) is 0 Å². The Hall–Kier alpha value is -3.21. The summed E-state index contributed by atoms with van der Waals surface area (Å²) >= 11 is 0. The van der Waals surface area contributed by atoms with Gasteiger partial charge in [0, 0.05) is 22.7 Å². The van der Waals surface area contributed by atoms with Gasteiger partial charge in [0.25, 0.3) is 0 Å². The normalized spacial score (nSPS) is 11.1. The summed E-state index contributed by atoms with van der Waals surface area (Å²) in [5.41, 5.74) is 4.63. The largest absolute Gasteiger partial charge is 0.322 e. The number of rotatable bonds is 5. The number of aryl methyl sites for hydroxylation is 1. The van der Waals surface area contributed by atoms with Gasteiger partial charge in [-0.1, -0.05) is 25.1 Å². The zero-order valence-corrected chi connectivity index (χ0v) is 14.2. The second-order valence-corrected chi connectivity index (χ2v) is 5.82. The first kappa shape index (κ1) is 16.6. The number of anilines is 1. The van der Waals surface area contributed by atoms with Crippen LogP contribution in [0.2, 0.25) is 0 Å². The van der Waals surface area contributed by atoms with Gasteiger partial charge in [-0.25, -0.2) is 0 Å². The van der Waals surface area contributed by atoms with Crippen molar-refractivity contribution in [3.8, 4) is 11.3 Å². The van der Waals surface area contributed by atoms with Crippen LogP contribution in [0.3, 0.4) is 0 Å². The summed E-state index contributed by atoms with van der Waals surface area (Å²) in [4.78, 5) is 22.7. The summed E-state index contributed by atoms with van der Waals surface area (Å²) in [5.74, 6) is -0.508. The SMILES string of the molecule is CCc1ccc2[nH]nc(-c3cccc(NC(=O)/C=C\C(C)=O)c3)c2c1. The van der Waals surface area contributed by atoms with Gasteiger partial charge in [-0.3, -0.25) is 14.7 Å². The summed E-state index contributed by atoms with van der Waals surface area (Å²) in [7, 11) is 0. The summed E-state index contributed by atoms with van der Waals surface area (Å²) in [6.07, 6.45) is 3.43. The lowest BCUT2D eigenvalue weighted by atomic mass is 10.0. The third-order valence-corrected chi connectivity index (χ3v) is 3.91. The van der Waals surface area contributed by atoms with E-state index in [1.54, 1.807) is 6.07 Å². The van der Waals surface area contributed by atoms with Crippen LogP contribution >= 0.6 is 0 Å². The topological polar surface area (TPSA) is 74.8 Å². The molecule has 0 atom stereocenters. The lowest BCUT2D eigenvalue weighted by Gasteiger charge is -2.05. The molecular formula is C20H19N3O2. The molecule has 0 fully saturated rings. The Kier molecular flexibility index (Phi) is 4.75. The molecule has 25 heavy (non-hydrogen) atoms. The van der Waals surface area contributed by atoms with Gasteiger partial charge in [0.15, 0.2) is 5.78 Å². The number of allylic oxidation sites excluding steroid dienone is 1. The molecule has 0 unspecified atom stereocenters. The van der Waals surface area contributed by atoms with Crippen molar-refractivity contribution in [2.45, 2.75) is 20.3 Å². The molecular weight excluding hydrogens is 314 g/mol. The molecule has 0 aliphatic heterocycles. The number of benzene rings is 2. The van der Waals surface area contributed by atoms with E-state index in [0.29, 0.717) is 5.69 Å². The number of ketones is 1. The zero-order valence-electron chi connectivity index (χ0n) is 14.2. The molecule has 3 aromatic rings. The van der Waals surface area contributed by atoms with E-state index >= 15 is 0 Å². The highest BCUT2D eigenvalue weighted by Gasteiger charge is 2.10. The first-order valence-electron chi connectivity index (χ1n) is 8.14. The van der Waals surface area contributed by atoms with E-state index in [9.17, 15) is 9.59 Å². The molecule has 0 spiro atoms. The van der Waals surface area contributed by atoms with Gasteiger partial charge in [-0.15, -0.1) is 0 Å². The van der Waals surface area contributed by atoms with Crippen LogP contribution in [0.15, 0.2) is 54.6 Å². The minimum absolute atomic E-state index is 0.168. The molecule has 5 heteroatoms. The van der Waals surface area contributed by atoms with E-state index in [-0.39, 0.29) is 11.7 Å². The Balaban J connectivity index is 1.91. The number of nitrogens with one attached hydrogen (secondary N) is 2. The number of carbonyl (C=O) groups is 2. The fourth-order valence-electron chi connectivity index (χ4n) is 2.62. The number of hydrogen-bond donors (Lipinski definition) is 2. The average Bonchev–Trinajstić information content (AvgIpc) is 3.03. The Morgan fingerprint density at radius 1 is 1.16 bits per heavy atom. The van der Waals surface area contributed by atoms with Crippen molar-refractivity contribution in [2.24, 2.45) is 0 Å². The maximum atomic E-state index is 11.8. The lowest BCUT2D eigenvalue weighted by Crippen LogP contribution is -2.08. The number of nitrogens with zero attached hydrogens (tertiary/aromatic N) is 1. The van der Waals surface area contributed by atoms with E-state index in [4.69, 9.17) is 0 Å². The van der Waals surface area contributed by atoms with Crippen LogP contribution < -0.4 is 5.32 Å². The molecule has 3 rings (SSSR count). The Bertz CT molecular complexity index is 970. The number of aromatic nitrogens is 2. The standard InChI is InChI=1S/C20H19N3O2/c1-3-14-8-9-18-17(11-14)20(23-22-18)15-5-4-6-16(12-15)21-19(25)10-7-13(2)24/h4-12H,3H2,1-2H3,(H,21,25)(H,22,23)/b10-7-. The molecule has 0 radical (unpaired) electrons. The van der Waals surface area contributed by atoms with Gasteiger partial charge in [0.2, 0.25) is 5.91 Å². The summed E-state index contributed by atoms with van der Waals surface area (Å²) < 4.78 is 0. The summed E-state index contributed by atoms with van der Waals surface area (Å²) in [5, 5.41) is 11.3. The fraction of sp³-hybridized carbons (Fsp3) is 0.150. The molecule has 0 saturated carbocycles. The second kappa shape index (κ2) is 7.13. The number of H-pyrrole nitrogens is 1. The first-order chi connectivity index (χ1) is 12.1. The van der Waals surface area contributed by atoms with Crippen LogP contribution in [-0.2, 0) is 16.0 Å². The van der Waals surface area contributed by atoms with Crippen LogP contribution in [0.25, 0.3) is 22.2 Å². The van der Waals surface area contributed by atoms with Crippen molar-refractivity contribution in [1.29, 1.82) is 0 Å². The molecule has 0 aliphatic carbocycles. The lowest BCUT2D eigenvalue weighted by molar-refractivity contribution is -0.114. The van der Waals surface area contributed by atoms with Crippen molar-refractivity contribution < 1.29 is 9.59 Å². The number of fused-ring (bicyclic) bond motifs is 1. The molecule has 126 valence electrons. The predicted molar refractivity (Wildman–Crippen MR) is 99.4 cm³/mol. The quantitative estimate of drug-likeness (QED) is 0.696. The number of aromatic amines is 1. The van der Waals surface area contributed by atoms with Crippen molar-refractivity contribution in [1.82, 2.24) is 10.2 Å². The zero-order chi connectivity index (χ0) is 17.8. The van der Waals surface area contributed by atoms with Crippen LogP contribution in [0.4, 0.5) is 5.69 Å². The van der Waals surface area contributed by atoms with Gasteiger partial charge in [-0.05, 0) is 49.2 Å². The van der Waals surface area contributed by atoms with E-state index in [1.807, 2.05) is 24.3 Å². The van der Waals surface area contributed by atoms with E-state index in [2.05, 4.69) is 34.6 Å². The van der Waals surface area contributed by atoms with Crippen LogP contribution in [0.1, 0.15) is 19.4 Å². The average molecular weight is 333 g/mol. The molecule has 2 N–H and O–H groups in total. The van der Waals surface area contributed by atoms with Crippen LogP contribution in [-0.4, -0.2) is 21.9 Å². The van der Waals surface area contributed by atoms with E-state index in [0.717, 1.165) is 28.6 Å². The van der Waals surface area contributed by atoms with Crippen molar-refractivity contribution >= 4 is 28.3 Å². The smallest absolute Gasteiger partial charge is 0.248 e. The summed E-state index contributed by atoms with van der Waals surface area (Å²) in [6.45, 7) is 3.52. The number of carbonyl (C=O) groups excluding carboxylic acids is 2. The molecule has 2 aromatic carbocycles. The Morgan fingerprint density at radius 2 is 2.00 bits per heavy atom. The molecule has 1 amide bonds. The second-order valence-electron chi connectivity index (χ2n) is 5.82. The van der Waals surface area contributed by atoms with Crippen molar-refractivity contribution in [2.75, 3.05) is 5.32 Å². The van der Waals surface area contributed by atoms with E-state index in [1.165, 1.54) is 24.6 Å². The molecule has 1 heterocycles. The highest BCUT2D eigenvalue weighted by molar-refractivity contribution is 6.04. The van der Waals surface area contributed by atoms with E-state index < -0.39 is 0 Å². The molecule has 0 bridgehead atoms. The summed E-state index contributed by atoms with van der Waals surface area (Å²) in [6, 6.07) is 13.7. The Morgan fingerprint density at radius 3 is 2.76 bits per heavy atom. The van der Waals surface area contributed by atoms with Gasteiger partial charge in [-0.2, -0.15) is 5.10 Å². The molecule has 0 aliphatic rings. The minimum Gasteiger partial charge on any atom is -0.322 e. The van der Waals surface area contributed by atoms with Crippen molar-refractivity contribution in [3.63, 3.8) is 0 Å². The van der Waals surface area contributed by atoms with Gasteiger partial charge < -0.3 is 5.32 Å². The van der Waals surface area contributed by atoms with Crippen molar-refractivity contribution in [3.05, 3.63) is 60.2 Å². The fourth-order valence-corrected chi connectivity index (χ4v) is 2.62.